The van der Waals surface area contributed by atoms with Crippen LogP contribution in [0, 0.1) is 0 Å². The highest BCUT2D eigenvalue weighted by Gasteiger charge is 2.39. The number of aliphatic carboxylic acids is 1. The minimum atomic E-state index is -1.00. The first-order valence-corrected chi connectivity index (χ1v) is 7.93. The predicted molar refractivity (Wildman–Crippen MR) is 81.4 cm³/mol. The van der Waals surface area contributed by atoms with Crippen molar-refractivity contribution in [2.45, 2.75) is 31.8 Å². The van der Waals surface area contributed by atoms with Gasteiger partial charge in [-0.2, -0.15) is 0 Å². The second-order valence-corrected chi connectivity index (χ2v) is 6.29. The van der Waals surface area contributed by atoms with Crippen molar-refractivity contribution in [1.29, 1.82) is 0 Å². The fourth-order valence-corrected chi connectivity index (χ4v) is 3.07. The van der Waals surface area contributed by atoms with Crippen LogP contribution in [-0.4, -0.2) is 47.2 Å². The van der Waals surface area contributed by atoms with E-state index >= 15 is 0 Å². The van der Waals surface area contributed by atoms with E-state index in [1.807, 2.05) is 0 Å². The van der Waals surface area contributed by atoms with Crippen LogP contribution in [0.3, 0.4) is 0 Å². The standard InChI is InChI=1S/C15H16BrNO5/c1-8(15(19)20)17(10-2-3-10)14(18)9-6-11(16)13-12(7-9)21-4-5-22-13/h6-8,10H,2-5H2,1H3,(H,19,20). The van der Waals surface area contributed by atoms with Crippen molar-refractivity contribution in [2.75, 3.05) is 13.2 Å². The van der Waals surface area contributed by atoms with Gasteiger partial charge in [0.1, 0.15) is 19.3 Å². The summed E-state index contributed by atoms with van der Waals surface area (Å²) in [6, 6.07) is 2.42. The smallest absolute Gasteiger partial charge is 0.326 e. The molecule has 0 saturated heterocycles. The highest BCUT2D eigenvalue weighted by Crippen LogP contribution is 2.39. The lowest BCUT2D eigenvalue weighted by Crippen LogP contribution is -2.44. The van der Waals surface area contributed by atoms with Crippen molar-refractivity contribution >= 4 is 27.8 Å². The van der Waals surface area contributed by atoms with Gasteiger partial charge in [0.05, 0.1) is 4.47 Å². The predicted octanol–water partition coefficient (Wildman–Crippen LogP) is 2.30. The van der Waals surface area contributed by atoms with E-state index in [0.29, 0.717) is 34.7 Å². The van der Waals surface area contributed by atoms with Gasteiger partial charge in [0.2, 0.25) is 0 Å². The van der Waals surface area contributed by atoms with Crippen molar-refractivity contribution in [3.63, 3.8) is 0 Å². The molecule has 1 amide bonds. The molecule has 1 fully saturated rings. The average molecular weight is 370 g/mol. The summed E-state index contributed by atoms with van der Waals surface area (Å²) in [5.41, 5.74) is 0.399. The average Bonchev–Trinajstić information content (AvgIpc) is 3.32. The molecule has 1 aromatic rings. The second kappa shape index (κ2) is 5.79. The fraction of sp³-hybridized carbons (Fsp3) is 0.467. The van der Waals surface area contributed by atoms with E-state index < -0.39 is 12.0 Å². The van der Waals surface area contributed by atoms with E-state index in [1.54, 1.807) is 12.1 Å². The fourth-order valence-electron chi connectivity index (χ4n) is 2.51. The molecule has 1 aromatic carbocycles. The van der Waals surface area contributed by atoms with Gasteiger partial charge in [0, 0.05) is 11.6 Å². The highest BCUT2D eigenvalue weighted by atomic mass is 79.9. The van der Waals surface area contributed by atoms with Crippen molar-refractivity contribution in [3.8, 4) is 11.5 Å². The third-order valence-electron chi connectivity index (χ3n) is 3.79. The zero-order valence-corrected chi connectivity index (χ0v) is 13.6. The van der Waals surface area contributed by atoms with Crippen molar-refractivity contribution in [1.82, 2.24) is 4.90 Å². The Morgan fingerprint density at radius 3 is 2.64 bits per heavy atom. The van der Waals surface area contributed by atoms with E-state index in [-0.39, 0.29) is 11.9 Å². The molecule has 6 nitrogen and oxygen atoms in total. The first-order chi connectivity index (χ1) is 10.5. The molecule has 118 valence electrons. The van der Waals surface area contributed by atoms with Crippen LogP contribution in [0.1, 0.15) is 30.1 Å². The largest absolute Gasteiger partial charge is 0.486 e. The third-order valence-corrected chi connectivity index (χ3v) is 4.38. The lowest BCUT2D eigenvalue weighted by atomic mass is 10.1. The summed E-state index contributed by atoms with van der Waals surface area (Å²) in [6.45, 7) is 2.42. The molecule has 0 aromatic heterocycles. The second-order valence-electron chi connectivity index (χ2n) is 5.44. The number of carboxylic acid groups (broad SMARTS) is 1. The number of ether oxygens (including phenoxy) is 2. The number of halogens is 1. The molecule has 3 rings (SSSR count). The summed E-state index contributed by atoms with van der Waals surface area (Å²) >= 11 is 3.38. The maximum atomic E-state index is 12.8. The molecule has 1 heterocycles. The molecule has 1 aliphatic heterocycles. The monoisotopic (exact) mass is 369 g/mol. The third kappa shape index (κ3) is 2.77. The van der Waals surface area contributed by atoms with Gasteiger partial charge in [-0.15, -0.1) is 0 Å². The molecule has 2 aliphatic rings. The molecule has 0 radical (unpaired) electrons. The molecule has 0 spiro atoms. The van der Waals surface area contributed by atoms with Crippen molar-refractivity contribution in [3.05, 3.63) is 22.2 Å². The zero-order valence-electron chi connectivity index (χ0n) is 12.0. The van der Waals surface area contributed by atoms with Gasteiger partial charge in [0.25, 0.3) is 5.91 Å². The van der Waals surface area contributed by atoms with Gasteiger partial charge >= 0.3 is 5.97 Å². The molecular weight excluding hydrogens is 354 g/mol. The van der Waals surface area contributed by atoms with Crippen molar-refractivity contribution in [2.24, 2.45) is 0 Å². The summed E-state index contributed by atoms with van der Waals surface area (Å²) in [6.07, 6.45) is 1.68. The van der Waals surface area contributed by atoms with Crippen LogP contribution in [0.2, 0.25) is 0 Å². The molecule has 1 atom stereocenters. The first-order valence-electron chi connectivity index (χ1n) is 7.13. The minimum absolute atomic E-state index is 0.00516. The number of rotatable bonds is 4. The quantitative estimate of drug-likeness (QED) is 0.880. The Labute approximate surface area is 136 Å². The van der Waals surface area contributed by atoms with Gasteiger partial charge in [-0.1, -0.05) is 0 Å². The Balaban J connectivity index is 1.93. The van der Waals surface area contributed by atoms with Crippen LogP contribution in [-0.2, 0) is 4.79 Å². The van der Waals surface area contributed by atoms with Crippen LogP contribution in [0.5, 0.6) is 11.5 Å². The Morgan fingerprint density at radius 2 is 2.00 bits per heavy atom. The summed E-state index contributed by atoms with van der Waals surface area (Å²) in [7, 11) is 0. The van der Waals surface area contributed by atoms with Gasteiger partial charge in [0.15, 0.2) is 11.5 Å². The zero-order chi connectivity index (χ0) is 15.9. The number of fused-ring (bicyclic) bond motifs is 1. The Bertz CT molecular complexity index is 629. The van der Waals surface area contributed by atoms with Gasteiger partial charge < -0.3 is 19.5 Å². The number of carboxylic acids is 1. The number of nitrogens with zero attached hydrogens (tertiary/aromatic N) is 1. The number of benzene rings is 1. The van der Waals surface area contributed by atoms with Crippen LogP contribution in [0.15, 0.2) is 16.6 Å². The van der Waals surface area contributed by atoms with Crippen LogP contribution in [0.25, 0.3) is 0 Å². The van der Waals surface area contributed by atoms with E-state index in [9.17, 15) is 14.7 Å². The molecule has 1 saturated carbocycles. The first kappa shape index (κ1) is 15.1. The molecule has 22 heavy (non-hydrogen) atoms. The summed E-state index contributed by atoms with van der Waals surface area (Å²) < 4.78 is 11.7. The van der Waals surface area contributed by atoms with E-state index in [4.69, 9.17) is 9.47 Å². The number of carbonyl (C=O) groups excluding carboxylic acids is 1. The normalized spacial score (nSPS) is 17.7. The lowest BCUT2D eigenvalue weighted by Gasteiger charge is -2.27. The Hall–Kier alpha value is -1.76. The molecule has 1 aliphatic carbocycles. The molecular formula is C15H16BrNO5. The minimum Gasteiger partial charge on any atom is -0.486 e. The summed E-state index contributed by atoms with van der Waals surface area (Å²) in [5.74, 6) is -0.221. The molecule has 1 N–H and O–H groups in total. The Morgan fingerprint density at radius 1 is 1.32 bits per heavy atom. The number of hydrogen-bond donors (Lipinski definition) is 1. The van der Waals surface area contributed by atoms with Crippen molar-refractivity contribution < 1.29 is 24.2 Å². The molecule has 0 bridgehead atoms. The van der Waals surface area contributed by atoms with Gasteiger partial charge in [-0.25, -0.2) is 4.79 Å². The van der Waals surface area contributed by atoms with E-state index in [1.165, 1.54) is 11.8 Å². The summed E-state index contributed by atoms with van der Waals surface area (Å²) in [4.78, 5) is 25.5. The maximum absolute atomic E-state index is 12.8. The number of carbonyl (C=O) groups is 2. The summed E-state index contributed by atoms with van der Waals surface area (Å²) in [5, 5.41) is 9.22. The number of amides is 1. The van der Waals surface area contributed by atoms with Crippen LogP contribution in [0.4, 0.5) is 0 Å². The van der Waals surface area contributed by atoms with E-state index in [0.717, 1.165) is 12.8 Å². The number of hydrogen-bond acceptors (Lipinski definition) is 4. The SMILES string of the molecule is CC(C(=O)O)N(C(=O)c1cc(Br)c2c(c1)OCCO2)C1CC1. The van der Waals surface area contributed by atoms with Gasteiger partial charge in [-0.05, 0) is 47.8 Å². The lowest BCUT2D eigenvalue weighted by molar-refractivity contribution is -0.141. The topological polar surface area (TPSA) is 76.1 Å². The molecule has 1 unspecified atom stereocenters. The van der Waals surface area contributed by atoms with Crippen LogP contribution >= 0.6 is 15.9 Å². The van der Waals surface area contributed by atoms with E-state index in [2.05, 4.69) is 15.9 Å². The Kier molecular flexibility index (Phi) is 3.99. The molecule has 7 heteroatoms. The highest BCUT2D eigenvalue weighted by molar-refractivity contribution is 9.10. The maximum Gasteiger partial charge on any atom is 0.326 e. The van der Waals surface area contributed by atoms with Gasteiger partial charge in [-0.3, -0.25) is 4.79 Å². The van der Waals surface area contributed by atoms with Crippen LogP contribution < -0.4 is 9.47 Å².